The van der Waals surface area contributed by atoms with Gasteiger partial charge in [-0.05, 0) is 48.6 Å². The number of rotatable bonds is 3. The summed E-state index contributed by atoms with van der Waals surface area (Å²) >= 11 is 0. The fraction of sp³-hybridized carbons (Fsp3) is 0.381. The van der Waals surface area contributed by atoms with Crippen LogP contribution in [-0.4, -0.2) is 16.3 Å². The van der Waals surface area contributed by atoms with E-state index in [-0.39, 0.29) is 6.79 Å². The summed E-state index contributed by atoms with van der Waals surface area (Å²) in [5, 5.41) is 4.67. The van der Waals surface area contributed by atoms with E-state index >= 15 is 0 Å². The van der Waals surface area contributed by atoms with E-state index in [9.17, 15) is 0 Å². The molecule has 134 valence electrons. The molecule has 1 saturated carbocycles. The zero-order valence-electron chi connectivity index (χ0n) is 15.0. The molecule has 0 spiro atoms. The average Bonchev–Trinajstić information content (AvgIpc) is 3.27. The maximum Gasteiger partial charge on any atom is 0.231 e. The highest BCUT2D eigenvalue weighted by molar-refractivity contribution is 5.83. The summed E-state index contributed by atoms with van der Waals surface area (Å²) < 4.78 is 13.0. The van der Waals surface area contributed by atoms with Crippen molar-refractivity contribution >= 4 is 22.5 Å². The lowest BCUT2D eigenvalue weighted by Crippen LogP contribution is -2.03. The Labute approximate surface area is 152 Å². The summed E-state index contributed by atoms with van der Waals surface area (Å²) in [5.74, 6) is 3.09. The molecular weight excluding hydrogens is 326 g/mol. The van der Waals surface area contributed by atoms with Crippen LogP contribution in [0.3, 0.4) is 0 Å². The minimum atomic E-state index is 0.288. The number of hydrogen-bond donors (Lipinski definition) is 1. The van der Waals surface area contributed by atoms with E-state index in [4.69, 9.17) is 14.5 Å². The van der Waals surface area contributed by atoms with E-state index in [2.05, 4.69) is 35.3 Å². The fourth-order valence-electron chi connectivity index (χ4n) is 4.21. The second-order valence-corrected chi connectivity index (χ2v) is 7.29. The lowest BCUT2D eigenvalue weighted by atomic mass is 9.84. The molecule has 1 N–H and O–H groups in total. The fourth-order valence-corrected chi connectivity index (χ4v) is 4.21. The minimum absolute atomic E-state index is 0.288. The maximum atomic E-state index is 5.45. The SMILES string of the molecule is Cn1cc(C2CCCCC2)c2ccc(Nc3ccc4c(c3)OCO4)nc21. The van der Waals surface area contributed by atoms with Gasteiger partial charge in [0.2, 0.25) is 6.79 Å². The molecule has 0 unspecified atom stereocenters. The van der Waals surface area contributed by atoms with Gasteiger partial charge in [0, 0.05) is 30.4 Å². The number of hydrogen-bond acceptors (Lipinski definition) is 4. The van der Waals surface area contributed by atoms with Crippen LogP contribution >= 0.6 is 0 Å². The molecule has 0 radical (unpaired) electrons. The van der Waals surface area contributed by atoms with Crippen LogP contribution in [-0.2, 0) is 7.05 Å². The first-order valence-corrected chi connectivity index (χ1v) is 9.40. The zero-order chi connectivity index (χ0) is 17.5. The van der Waals surface area contributed by atoms with E-state index < -0.39 is 0 Å². The Balaban J connectivity index is 1.45. The number of nitrogens with zero attached hydrogens (tertiary/aromatic N) is 2. The van der Waals surface area contributed by atoms with Gasteiger partial charge >= 0.3 is 0 Å². The van der Waals surface area contributed by atoms with Gasteiger partial charge < -0.3 is 19.4 Å². The normalized spacial score (nSPS) is 17.0. The first kappa shape index (κ1) is 15.6. The third-order valence-electron chi connectivity index (χ3n) is 5.54. The van der Waals surface area contributed by atoms with Crippen LogP contribution in [0.1, 0.15) is 43.6 Å². The van der Waals surface area contributed by atoms with Crippen molar-refractivity contribution < 1.29 is 9.47 Å². The Morgan fingerprint density at radius 3 is 2.77 bits per heavy atom. The molecule has 5 nitrogen and oxygen atoms in total. The molecule has 5 rings (SSSR count). The summed E-state index contributed by atoms with van der Waals surface area (Å²) in [7, 11) is 2.09. The minimum Gasteiger partial charge on any atom is -0.454 e. The lowest BCUT2D eigenvalue weighted by Gasteiger charge is -2.21. The van der Waals surface area contributed by atoms with Crippen LogP contribution in [0.25, 0.3) is 11.0 Å². The van der Waals surface area contributed by atoms with E-state index in [1.807, 2.05) is 18.2 Å². The second kappa shape index (κ2) is 6.24. The van der Waals surface area contributed by atoms with Crippen molar-refractivity contribution in [2.24, 2.45) is 7.05 Å². The van der Waals surface area contributed by atoms with E-state index in [1.54, 1.807) is 0 Å². The molecule has 26 heavy (non-hydrogen) atoms. The average molecular weight is 349 g/mol. The Kier molecular flexibility index (Phi) is 3.73. The van der Waals surface area contributed by atoms with Crippen LogP contribution in [0.2, 0.25) is 0 Å². The number of pyridine rings is 1. The summed E-state index contributed by atoms with van der Waals surface area (Å²) in [5.41, 5.74) is 3.45. The number of aryl methyl sites for hydroxylation is 1. The Bertz CT molecular complexity index is 957. The van der Waals surface area contributed by atoms with Crippen molar-refractivity contribution in [1.29, 1.82) is 0 Å². The Morgan fingerprint density at radius 1 is 1.04 bits per heavy atom. The molecule has 1 aromatic carbocycles. The van der Waals surface area contributed by atoms with Crippen LogP contribution in [0, 0.1) is 0 Å². The number of anilines is 2. The highest BCUT2D eigenvalue weighted by Crippen LogP contribution is 2.38. The molecule has 1 aliphatic heterocycles. The molecule has 3 heterocycles. The van der Waals surface area contributed by atoms with Gasteiger partial charge in [-0.3, -0.25) is 0 Å². The van der Waals surface area contributed by atoms with Crippen molar-refractivity contribution in [2.75, 3.05) is 12.1 Å². The highest BCUT2D eigenvalue weighted by atomic mass is 16.7. The molecule has 3 aromatic rings. The third-order valence-corrected chi connectivity index (χ3v) is 5.54. The van der Waals surface area contributed by atoms with Crippen molar-refractivity contribution in [2.45, 2.75) is 38.0 Å². The number of fused-ring (bicyclic) bond motifs is 2. The predicted octanol–water partition coefficient (Wildman–Crippen LogP) is 5.09. The predicted molar refractivity (Wildman–Crippen MR) is 102 cm³/mol. The topological polar surface area (TPSA) is 48.3 Å². The van der Waals surface area contributed by atoms with Crippen molar-refractivity contribution in [3.05, 3.63) is 42.1 Å². The summed E-state index contributed by atoms with van der Waals surface area (Å²) in [4.78, 5) is 4.86. The highest BCUT2D eigenvalue weighted by Gasteiger charge is 2.20. The lowest BCUT2D eigenvalue weighted by molar-refractivity contribution is 0.174. The molecule has 1 aliphatic carbocycles. The van der Waals surface area contributed by atoms with E-state index in [0.29, 0.717) is 5.92 Å². The summed E-state index contributed by atoms with van der Waals surface area (Å²) in [6.07, 6.45) is 8.95. The zero-order valence-corrected chi connectivity index (χ0v) is 15.0. The van der Waals surface area contributed by atoms with Gasteiger partial charge in [-0.2, -0.15) is 0 Å². The second-order valence-electron chi connectivity index (χ2n) is 7.29. The standard InChI is InChI=1S/C21H23N3O2/c1-24-12-17(14-5-3-2-4-6-14)16-8-10-20(23-21(16)24)22-15-7-9-18-19(11-15)26-13-25-18/h7-12,14H,2-6,13H2,1H3,(H,22,23). The van der Waals surface area contributed by atoms with Gasteiger partial charge in [-0.1, -0.05) is 19.3 Å². The van der Waals surface area contributed by atoms with Gasteiger partial charge in [-0.15, -0.1) is 0 Å². The molecule has 0 amide bonds. The molecular formula is C21H23N3O2. The monoisotopic (exact) mass is 349 g/mol. The van der Waals surface area contributed by atoms with E-state index in [0.717, 1.165) is 28.7 Å². The van der Waals surface area contributed by atoms with Crippen LogP contribution in [0.4, 0.5) is 11.5 Å². The third kappa shape index (κ3) is 2.68. The molecule has 2 aromatic heterocycles. The smallest absolute Gasteiger partial charge is 0.231 e. The van der Waals surface area contributed by atoms with Crippen molar-refractivity contribution in [1.82, 2.24) is 9.55 Å². The van der Waals surface area contributed by atoms with Crippen LogP contribution in [0.5, 0.6) is 11.5 Å². The molecule has 2 aliphatic rings. The number of benzene rings is 1. The number of ether oxygens (including phenoxy) is 2. The van der Waals surface area contributed by atoms with Crippen LogP contribution in [0.15, 0.2) is 36.5 Å². The largest absolute Gasteiger partial charge is 0.454 e. The quantitative estimate of drug-likeness (QED) is 0.715. The van der Waals surface area contributed by atoms with Crippen molar-refractivity contribution in [3.8, 4) is 11.5 Å². The molecule has 0 saturated heterocycles. The Morgan fingerprint density at radius 2 is 1.88 bits per heavy atom. The first-order valence-electron chi connectivity index (χ1n) is 9.40. The molecule has 1 fully saturated rings. The Hall–Kier alpha value is -2.69. The van der Waals surface area contributed by atoms with Gasteiger partial charge in [0.15, 0.2) is 11.5 Å². The first-order chi connectivity index (χ1) is 12.8. The summed E-state index contributed by atoms with van der Waals surface area (Å²) in [6, 6.07) is 10.1. The number of nitrogens with one attached hydrogen (secondary N) is 1. The van der Waals surface area contributed by atoms with Gasteiger partial charge in [0.05, 0.1) is 0 Å². The molecule has 5 heteroatoms. The van der Waals surface area contributed by atoms with Gasteiger partial charge in [0.1, 0.15) is 11.5 Å². The van der Waals surface area contributed by atoms with Gasteiger partial charge in [-0.25, -0.2) is 4.98 Å². The van der Waals surface area contributed by atoms with Crippen molar-refractivity contribution in [3.63, 3.8) is 0 Å². The number of aromatic nitrogens is 2. The molecule has 0 atom stereocenters. The maximum absolute atomic E-state index is 5.45. The van der Waals surface area contributed by atoms with Crippen LogP contribution < -0.4 is 14.8 Å². The molecule has 0 bridgehead atoms. The van der Waals surface area contributed by atoms with Gasteiger partial charge in [0.25, 0.3) is 0 Å². The van der Waals surface area contributed by atoms with E-state index in [1.165, 1.54) is 43.1 Å². The summed E-state index contributed by atoms with van der Waals surface area (Å²) in [6.45, 7) is 0.288.